The molecule has 104 valence electrons. The molecule has 0 radical (unpaired) electrons. The summed E-state index contributed by atoms with van der Waals surface area (Å²) in [4.78, 5) is 15.5. The molecule has 0 aromatic heterocycles. The van der Waals surface area contributed by atoms with Gasteiger partial charge in [-0.3, -0.25) is 0 Å². The number of carboxylic acid groups (broad SMARTS) is 1. The number of anilines is 2. The summed E-state index contributed by atoms with van der Waals surface area (Å²) < 4.78 is 0. The van der Waals surface area contributed by atoms with Crippen LogP contribution in [0, 0.1) is 0 Å². The van der Waals surface area contributed by atoms with E-state index in [1.54, 1.807) is 12.1 Å². The van der Waals surface area contributed by atoms with Crippen LogP contribution in [0.25, 0.3) is 0 Å². The van der Waals surface area contributed by atoms with Crippen molar-refractivity contribution in [2.75, 3.05) is 37.8 Å². The number of likely N-dealkylation sites (tertiary alicyclic amines) is 1. The second kappa shape index (κ2) is 5.48. The van der Waals surface area contributed by atoms with Gasteiger partial charge in [0, 0.05) is 19.6 Å². The van der Waals surface area contributed by atoms with Gasteiger partial charge < -0.3 is 20.6 Å². The van der Waals surface area contributed by atoms with Crippen LogP contribution in [0.4, 0.5) is 11.4 Å². The van der Waals surface area contributed by atoms with Crippen LogP contribution in [0.1, 0.15) is 23.2 Å². The summed E-state index contributed by atoms with van der Waals surface area (Å²) in [7, 11) is 4.10. The van der Waals surface area contributed by atoms with E-state index in [0.717, 1.165) is 31.6 Å². The number of likely N-dealkylation sites (N-methyl/N-ethyl adjacent to an activating group) is 2. The Bertz CT molecular complexity index is 476. The van der Waals surface area contributed by atoms with E-state index in [9.17, 15) is 4.79 Å². The average Bonchev–Trinajstić information content (AvgIpc) is 2.38. The van der Waals surface area contributed by atoms with E-state index < -0.39 is 5.97 Å². The first kappa shape index (κ1) is 13.7. The second-order valence-electron chi connectivity index (χ2n) is 5.21. The van der Waals surface area contributed by atoms with E-state index >= 15 is 0 Å². The van der Waals surface area contributed by atoms with E-state index in [4.69, 9.17) is 10.8 Å². The van der Waals surface area contributed by atoms with Gasteiger partial charge in [0.05, 0.1) is 16.9 Å². The maximum Gasteiger partial charge on any atom is 0.337 e. The summed E-state index contributed by atoms with van der Waals surface area (Å²) in [6, 6.07) is 5.56. The maximum absolute atomic E-state index is 11.1. The van der Waals surface area contributed by atoms with Gasteiger partial charge in [-0.05, 0) is 38.6 Å². The maximum atomic E-state index is 11.1. The Morgan fingerprint density at radius 1 is 1.53 bits per heavy atom. The number of hydrogen-bond donors (Lipinski definition) is 2. The van der Waals surface area contributed by atoms with Crippen LogP contribution in [0.15, 0.2) is 18.2 Å². The van der Waals surface area contributed by atoms with E-state index in [-0.39, 0.29) is 5.56 Å². The Labute approximate surface area is 113 Å². The zero-order chi connectivity index (χ0) is 14.0. The molecule has 1 aliphatic heterocycles. The molecule has 1 aliphatic rings. The van der Waals surface area contributed by atoms with Gasteiger partial charge in [0.15, 0.2) is 0 Å². The van der Waals surface area contributed by atoms with Crippen LogP contribution in [0.5, 0.6) is 0 Å². The molecular formula is C14H21N3O2. The van der Waals surface area contributed by atoms with Crippen LogP contribution in [-0.4, -0.2) is 49.2 Å². The Morgan fingerprint density at radius 2 is 2.26 bits per heavy atom. The number of nitrogens with zero attached hydrogens (tertiary/aromatic N) is 2. The molecule has 0 spiro atoms. The summed E-state index contributed by atoms with van der Waals surface area (Å²) in [6.45, 7) is 2.10. The summed E-state index contributed by atoms with van der Waals surface area (Å²) in [5.41, 5.74) is 7.32. The molecule has 1 heterocycles. The Kier molecular flexibility index (Phi) is 3.95. The summed E-state index contributed by atoms with van der Waals surface area (Å²) >= 11 is 0. The van der Waals surface area contributed by atoms with Crippen molar-refractivity contribution in [2.45, 2.75) is 18.9 Å². The molecule has 0 saturated carbocycles. The number of nitrogens with two attached hydrogens (primary N) is 1. The zero-order valence-electron chi connectivity index (χ0n) is 11.5. The first-order valence-corrected chi connectivity index (χ1v) is 6.54. The normalized spacial score (nSPS) is 20.2. The van der Waals surface area contributed by atoms with Gasteiger partial charge >= 0.3 is 5.97 Å². The SMILES string of the molecule is CN1CCCC(N(C)c2cccc(C(=O)O)c2N)C1. The molecule has 1 saturated heterocycles. The summed E-state index contributed by atoms with van der Waals surface area (Å²) in [5.74, 6) is -0.978. The molecule has 3 N–H and O–H groups in total. The molecule has 0 bridgehead atoms. The number of piperidine rings is 1. The molecule has 5 heteroatoms. The molecule has 2 rings (SSSR count). The summed E-state index contributed by atoms with van der Waals surface area (Å²) in [5, 5.41) is 9.12. The molecular weight excluding hydrogens is 242 g/mol. The van der Waals surface area contributed by atoms with Crippen molar-refractivity contribution in [1.29, 1.82) is 0 Å². The molecule has 1 fully saturated rings. The highest BCUT2D eigenvalue weighted by molar-refractivity contribution is 5.97. The van der Waals surface area contributed by atoms with Crippen molar-refractivity contribution in [1.82, 2.24) is 4.90 Å². The monoisotopic (exact) mass is 263 g/mol. The van der Waals surface area contributed by atoms with E-state index in [1.165, 1.54) is 0 Å². The predicted octanol–water partition coefficient (Wildman–Crippen LogP) is 1.50. The van der Waals surface area contributed by atoms with Crippen LogP contribution in [0.2, 0.25) is 0 Å². The van der Waals surface area contributed by atoms with Crippen LogP contribution >= 0.6 is 0 Å². The fraction of sp³-hybridized carbons (Fsp3) is 0.500. The third kappa shape index (κ3) is 2.81. The number of nitrogen functional groups attached to an aromatic ring is 1. The van der Waals surface area contributed by atoms with Gasteiger partial charge in [-0.15, -0.1) is 0 Å². The van der Waals surface area contributed by atoms with E-state index in [1.807, 2.05) is 13.1 Å². The van der Waals surface area contributed by atoms with Gasteiger partial charge in [-0.1, -0.05) is 6.07 Å². The number of benzene rings is 1. The van der Waals surface area contributed by atoms with Crippen molar-refractivity contribution in [3.63, 3.8) is 0 Å². The number of para-hydroxylation sites is 1. The van der Waals surface area contributed by atoms with E-state index in [0.29, 0.717) is 11.7 Å². The van der Waals surface area contributed by atoms with Crippen LogP contribution in [0.3, 0.4) is 0 Å². The third-order valence-electron chi connectivity index (χ3n) is 3.84. The van der Waals surface area contributed by atoms with Crippen molar-refractivity contribution in [3.05, 3.63) is 23.8 Å². The van der Waals surface area contributed by atoms with Crippen LogP contribution in [-0.2, 0) is 0 Å². The number of rotatable bonds is 3. The van der Waals surface area contributed by atoms with Gasteiger partial charge in [-0.2, -0.15) is 0 Å². The molecule has 1 aromatic rings. The second-order valence-corrected chi connectivity index (χ2v) is 5.21. The Balaban J connectivity index is 2.26. The van der Waals surface area contributed by atoms with Crippen molar-refractivity contribution < 1.29 is 9.90 Å². The largest absolute Gasteiger partial charge is 0.478 e. The average molecular weight is 263 g/mol. The van der Waals surface area contributed by atoms with Crippen LogP contribution < -0.4 is 10.6 Å². The minimum Gasteiger partial charge on any atom is -0.478 e. The van der Waals surface area contributed by atoms with Gasteiger partial charge in [0.25, 0.3) is 0 Å². The fourth-order valence-electron chi connectivity index (χ4n) is 2.70. The topological polar surface area (TPSA) is 69.8 Å². The predicted molar refractivity (Wildman–Crippen MR) is 76.7 cm³/mol. The molecule has 1 atom stereocenters. The summed E-state index contributed by atoms with van der Waals surface area (Å²) in [6.07, 6.45) is 2.27. The van der Waals surface area contributed by atoms with Gasteiger partial charge in [-0.25, -0.2) is 4.79 Å². The number of aromatic carboxylic acids is 1. The smallest absolute Gasteiger partial charge is 0.337 e. The highest BCUT2D eigenvalue weighted by Gasteiger charge is 2.23. The highest BCUT2D eigenvalue weighted by Crippen LogP contribution is 2.29. The lowest BCUT2D eigenvalue weighted by Gasteiger charge is -2.37. The Morgan fingerprint density at radius 3 is 2.89 bits per heavy atom. The van der Waals surface area contributed by atoms with Crippen molar-refractivity contribution in [2.24, 2.45) is 0 Å². The van der Waals surface area contributed by atoms with Crippen molar-refractivity contribution in [3.8, 4) is 0 Å². The minimum absolute atomic E-state index is 0.175. The molecule has 0 amide bonds. The molecule has 5 nitrogen and oxygen atoms in total. The Hall–Kier alpha value is -1.75. The van der Waals surface area contributed by atoms with E-state index in [2.05, 4.69) is 16.8 Å². The number of carbonyl (C=O) groups is 1. The lowest BCUT2D eigenvalue weighted by atomic mass is 10.0. The molecule has 19 heavy (non-hydrogen) atoms. The molecule has 1 aromatic carbocycles. The van der Waals surface area contributed by atoms with Gasteiger partial charge in [0.2, 0.25) is 0 Å². The minimum atomic E-state index is -0.978. The van der Waals surface area contributed by atoms with Crippen molar-refractivity contribution >= 4 is 17.3 Å². The lowest BCUT2D eigenvalue weighted by molar-refractivity contribution is 0.0698. The van der Waals surface area contributed by atoms with Gasteiger partial charge in [0.1, 0.15) is 0 Å². The third-order valence-corrected chi connectivity index (χ3v) is 3.84. The molecule has 1 unspecified atom stereocenters. The first-order chi connectivity index (χ1) is 9.00. The first-order valence-electron chi connectivity index (χ1n) is 6.54. The quantitative estimate of drug-likeness (QED) is 0.809. The number of hydrogen-bond acceptors (Lipinski definition) is 4. The zero-order valence-corrected chi connectivity index (χ0v) is 11.5. The molecule has 0 aliphatic carbocycles. The lowest BCUT2D eigenvalue weighted by Crippen LogP contribution is -2.45. The number of carboxylic acids is 1. The standard InChI is InChI=1S/C14H21N3O2/c1-16-8-4-5-10(9-16)17(2)12-7-3-6-11(13(12)15)14(18)19/h3,6-7,10H,4-5,8-9,15H2,1-2H3,(H,18,19). The highest BCUT2D eigenvalue weighted by atomic mass is 16.4. The fourth-order valence-corrected chi connectivity index (χ4v) is 2.70.